The lowest BCUT2D eigenvalue weighted by Crippen LogP contribution is -2.35. The van der Waals surface area contributed by atoms with E-state index in [0.717, 1.165) is 13.0 Å². The summed E-state index contributed by atoms with van der Waals surface area (Å²) in [7, 11) is 0. The van der Waals surface area contributed by atoms with Crippen LogP contribution >= 0.6 is 0 Å². The highest BCUT2D eigenvalue weighted by atomic mass is 16.5. The van der Waals surface area contributed by atoms with Crippen LogP contribution in [0.4, 0.5) is 5.69 Å². The van der Waals surface area contributed by atoms with Gasteiger partial charge in [-0.1, -0.05) is 12.1 Å². The second-order valence-electron chi connectivity index (χ2n) is 4.76. The Labute approximate surface area is 113 Å². The van der Waals surface area contributed by atoms with Gasteiger partial charge in [-0.3, -0.25) is 4.79 Å². The summed E-state index contributed by atoms with van der Waals surface area (Å²) in [4.78, 5) is 11.7. The summed E-state index contributed by atoms with van der Waals surface area (Å²) in [6, 6.07) is 7.13. The van der Waals surface area contributed by atoms with Crippen LogP contribution in [0.5, 0.6) is 5.75 Å². The first-order valence-corrected chi connectivity index (χ1v) is 6.52. The fraction of sp³-hybridized carbons (Fsp3) is 0.500. The fourth-order valence-electron chi connectivity index (χ4n) is 2.10. The summed E-state index contributed by atoms with van der Waals surface area (Å²) in [6.45, 7) is 3.42. The number of amides is 1. The first-order valence-electron chi connectivity index (χ1n) is 6.52. The third-order valence-corrected chi connectivity index (χ3v) is 3.37. The van der Waals surface area contributed by atoms with E-state index in [1.54, 1.807) is 12.1 Å². The minimum Gasteiger partial charge on any atom is -0.482 e. The van der Waals surface area contributed by atoms with Crippen molar-refractivity contribution in [3.05, 3.63) is 24.3 Å². The van der Waals surface area contributed by atoms with E-state index in [0.29, 0.717) is 23.9 Å². The van der Waals surface area contributed by atoms with Crippen molar-refractivity contribution in [1.82, 2.24) is 5.32 Å². The smallest absolute Gasteiger partial charge is 0.257 e. The minimum absolute atomic E-state index is 0.0177. The number of anilines is 1. The third-order valence-electron chi connectivity index (χ3n) is 3.37. The molecule has 1 aliphatic heterocycles. The van der Waals surface area contributed by atoms with Crippen LogP contribution in [-0.4, -0.2) is 31.8 Å². The molecule has 3 N–H and O–H groups in total. The standard InChI is InChI=1S/C14H20N2O3/c1-10-11(6-7-18-10)8-16-14(17)9-19-13-5-3-2-4-12(13)15/h2-5,10-11H,6-9,15H2,1H3,(H,16,17). The summed E-state index contributed by atoms with van der Waals surface area (Å²) in [5.74, 6) is 0.795. The normalized spacial score (nSPS) is 22.2. The maximum Gasteiger partial charge on any atom is 0.257 e. The number of rotatable bonds is 5. The van der Waals surface area contributed by atoms with E-state index in [2.05, 4.69) is 5.32 Å². The van der Waals surface area contributed by atoms with Crippen molar-refractivity contribution in [2.24, 2.45) is 5.92 Å². The van der Waals surface area contributed by atoms with Gasteiger partial charge in [0.25, 0.3) is 5.91 Å². The first kappa shape index (κ1) is 13.7. The Balaban J connectivity index is 1.71. The van der Waals surface area contributed by atoms with Gasteiger partial charge in [0.15, 0.2) is 6.61 Å². The van der Waals surface area contributed by atoms with E-state index >= 15 is 0 Å². The molecule has 1 aromatic carbocycles. The monoisotopic (exact) mass is 264 g/mol. The van der Waals surface area contributed by atoms with Crippen LogP contribution in [0.1, 0.15) is 13.3 Å². The number of para-hydroxylation sites is 2. The molecule has 1 amide bonds. The van der Waals surface area contributed by atoms with Gasteiger partial charge in [-0.25, -0.2) is 0 Å². The molecule has 1 saturated heterocycles. The molecule has 5 nitrogen and oxygen atoms in total. The Kier molecular flexibility index (Phi) is 4.63. The quantitative estimate of drug-likeness (QED) is 0.783. The van der Waals surface area contributed by atoms with Gasteiger partial charge in [0.05, 0.1) is 11.8 Å². The molecule has 104 valence electrons. The van der Waals surface area contributed by atoms with E-state index in [1.807, 2.05) is 19.1 Å². The van der Waals surface area contributed by atoms with Crippen molar-refractivity contribution in [2.45, 2.75) is 19.4 Å². The number of hydrogen-bond acceptors (Lipinski definition) is 4. The van der Waals surface area contributed by atoms with E-state index in [4.69, 9.17) is 15.2 Å². The molecule has 1 aromatic rings. The zero-order chi connectivity index (χ0) is 13.7. The molecule has 19 heavy (non-hydrogen) atoms. The lowest BCUT2D eigenvalue weighted by molar-refractivity contribution is -0.123. The van der Waals surface area contributed by atoms with Crippen molar-refractivity contribution in [3.8, 4) is 5.75 Å². The predicted molar refractivity (Wildman–Crippen MR) is 72.9 cm³/mol. The van der Waals surface area contributed by atoms with E-state index < -0.39 is 0 Å². The van der Waals surface area contributed by atoms with Crippen molar-refractivity contribution < 1.29 is 14.3 Å². The van der Waals surface area contributed by atoms with Gasteiger partial charge in [-0.2, -0.15) is 0 Å². The highest BCUT2D eigenvalue weighted by Gasteiger charge is 2.24. The number of carbonyl (C=O) groups is 1. The number of carbonyl (C=O) groups excluding carboxylic acids is 1. The van der Waals surface area contributed by atoms with Crippen molar-refractivity contribution in [2.75, 3.05) is 25.5 Å². The molecule has 0 aliphatic carbocycles. The van der Waals surface area contributed by atoms with Crippen LogP contribution in [0.15, 0.2) is 24.3 Å². The van der Waals surface area contributed by atoms with E-state index in [-0.39, 0.29) is 18.6 Å². The topological polar surface area (TPSA) is 73.6 Å². The lowest BCUT2D eigenvalue weighted by atomic mass is 10.0. The summed E-state index contributed by atoms with van der Waals surface area (Å²) in [5, 5.41) is 2.86. The molecule has 0 saturated carbocycles. The van der Waals surface area contributed by atoms with Crippen LogP contribution in [0.2, 0.25) is 0 Å². The van der Waals surface area contributed by atoms with Crippen molar-refractivity contribution >= 4 is 11.6 Å². The molecule has 1 heterocycles. The van der Waals surface area contributed by atoms with Crippen LogP contribution < -0.4 is 15.8 Å². The molecule has 2 atom stereocenters. The molecular weight excluding hydrogens is 244 g/mol. The number of nitrogen functional groups attached to an aromatic ring is 1. The fourth-order valence-corrected chi connectivity index (χ4v) is 2.10. The van der Waals surface area contributed by atoms with Gasteiger partial charge in [0, 0.05) is 19.1 Å². The Morgan fingerprint density at radius 2 is 2.32 bits per heavy atom. The highest BCUT2D eigenvalue weighted by Crippen LogP contribution is 2.20. The number of ether oxygens (including phenoxy) is 2. The maximum absolute atomic E-state index is 11.7. The summed E-state index contributed by atoms with van der Waals surface area (Å²) >= 11 is 0. The van der Waals surface area contributed by atoms with Gasteiger partial charge in [-0.05, 0) is 25.5 Å². The molecule has 1 aliphatic rings. The molecule has 1 fully saturated rings. The minimum atomic E-state index is -0.137. The Bertz CT molecular complexity index is 436. The lowest BCUT2D eigenvalue weighted by Gasteiger charge is -2.15. The van der Waals surface area contributed by atoms with Crippen LogP contribution in [-0.2, 0) is 9.53 Å². The highest BCUT2D eigenvalue weighted by molar-refractivity contribution is 5.77. The SMILES string of the molecule is CC1OCCC1CNC(=O)COc1ccccc1N. The number of nitrogens with two attached hydrogens (primary N) is 1. The zero-order valence-electron chi connectivity index (χ0n) is 11.1. The Morgan fingerprint density at radius 1 is 1.53 bits per heavy atom. The predicted octanol–water partition coefficient (Wildman–Crippen LogP) is 1.19. The summed E-state index contributed by atoms with van der Waals surface area (Å²) < 4.78 is 10.8. The van der Waals surface area contributed by atoms with E-state index in [9.17, 15) is 4.79 Å². The zero-order valence-corrected chi connectivity index (χ0v) is 11.1. The molecule has 0 aromatic heterocycles. The second-order valence-corrected chi connectivity index (χ2v) is 4.76. The molecule has 2 unspecified atom stereocenters. The second kappa shape index (κ2) is 6.43. The molecule has 0 spiro atoms. The van der Waals surface area contributed by atoms with Crippen molar-refractivity contribution in [3.63, 3.8) is 0 Å². The molecule has 2 rings (SSSR count). The van der Waals surface area contributed by atoms with Gasteiger partial charge in [-0.15, -0.1) is 0 Å². The summed E-state index contributed by atoms with van der Waals surface area (Å²) in [5.41, 5.74) is 6.26. The largest absolute Gasteiger partial charge is 0.482 e. The molecule has 5 heteroatoms. The maximum atomic E-state index is 11.7. The molecular formula is C14H20N2O3. The van der Waals surface area contributed by atoms with Crippen molar-refractivity contribution in [1.29, 1.82) is 0 Å². The van der Waals surface area contributed by atoms with E-state index in [1.165, 1.54) is 0 Å². The van der Waals surface area contributed by atoms with Gasteiger partial charge in [0.1, 0.15) is 5.75 Å². The number of hydrogen-bond donors (Lipinski definition) is 2. The first-order chi connectivity index (χ1) is 9.16. The van der Waals surface area contributed by atoms with Crippen LogP contribution in [0.3, 0.4) is 0 Å². The average Bonchev–Trinajstić information content (AvgIpc) is 2.81. The third kappa shape index (κ3) is 3.86. The Morgan fingerprint density at radius 3 is 3.00 bits per heavy atom. The molecule has 0 bridgehead atoms. The number of benzene rings is 1. The van der Waals surface area contributed by atoms with Gasteiger partial charge >= 0.3 is 0 Å². The Hall–Kier alpha value is -1.75. The summed E-state index contributed by atoms with van der Waals surface area (Å²) in [6.07, 6.45) is 1.21. The molecule has 0 radical (unpaired) electrons. The van der Waals surface area contributed by atoms with Crippen LogP contribution in [0, 0.1) is 5.92 Å². The van der Waals surface area contributed by atoms with Gasteiger partial charge < -0.3 is 20.5 Å². The van der Waals surface area contributed by atoms with Gasteiger partial charge in [0.2, 0.25) is 0 Å². The number of nitrogens with one attached hydrogen (secondary N) is 1. The average molecular weight is 264 g/mol. The van der Waals surface area contributed by atoms with Crippen LogP contribution in [0.25, 0.3) is 0 Å².